The van der Waals surface area contributed by atoms with Gasteiger partial charge in [-0.2, -0.15) is 5.10 Å². The number of rotatable bonds is 3. The van der Waals surface area contributed by atoms with Gasteiger partial charge in [0.05, 0.1) is 0 Å². The molecule has 5 heteroatoms. The zero-order valence-electron chi connectivity index (χ0n) is 8.56. The summed E-state index contributed by atoms with van der Waals surface area (Å²) in [4.78, 5) is 13.0. The predicted octanol–water partition coefficient (Wildman–Crippen LogP) is 0.365. The highest BCUT2D eigenvalue weighted by atomic mass is 16.2. The largest absolute Gasteiger partial charge is 0.357 e. The first-order chi connectivity index (χ1) is 6.61. The SMILES string of the molecule is C[C@H](Nc1cccnn1)C(=O)N(C)C. The van der Waals surface area contributed by atoms with E-state index in [1.54, 1.807) is 39.3 Å². The number of anilines is 1. The molecule has 0 spiro atoms. The van der Waals surface area contributed by atoms with E-state index in [0.29, 0.717) is 5.82 Å². The van der Waals surface area contributed by atoms with E-state index in [-0.39, 0.29) is 11.9 Å². The van der Waals surface area contributed by atoms with Gasteiger partial charge in [-0.15, -0.1) is 5.10 Å². The molecule has 0 aliphatic carbocycles. The van der Waals surface area contributed by atoms with Crippen molar-refractivity contribution in [3.63, 3.8) is 0 Å². The maximum absolute atomic E-state index is 11.5. The number of nitrogens with one attached hydrogen (secondary N) is 1. The summed E-state index contributed by atoms with van der Waals surface area (Å²) in [6, 6.07) is 3.25. The van der Waals surface area contributed by atoms with E-state index in [9.17, 15) is 4.79 Å². The summed E-state index contributed by atoms with van der Waals surface area (Å²) in [5.41, 5.74) is 0. The zero-order valence-corrected chi connectivity index (χ0v) is 8.56. The second-order valence-electron chi connectivity index (χ2n) is 3.21. The van der Waals surface area contributed by atoms with Gasteiger partial charge in [0.2, 0.25) is 5.91 Å². The number of carbonyl (C=O) groups excluding carboxylic acids is 1. The van der Waals surface area contributed by atoms with Crippen LogP contribution in [0.5, 0.6) is 0 Å². The van der Waals surface area contributed by atoms with Gasteiger partial charge < -0.3 is 10.2 Å². The van der Waals surface area contributed by atoms with E-state index in [0.717, 1.165) is 0 Å². The van der Waals surface area contributed by atoms with Gasteiger partial charge in [-0.05, 0) is 19.1 Å². The summed E-state index contributed by atoms with van der Waals surface area (Å²) in [7, 11) is 3.44. The number of nitrogens with zero attached hydrogens (tertiary/aromatic N) is 3. The number of hydrogen-bond acceptors (Lipinski definition) is 4. The van der Waals surface area contributed by atoms with Crippen molar-refractivity contribution < 1.29 is 4.79 Å². The van der Waals surface area contributed by atoms with Gasteiger partial charge in [0.1, 0.15) is 11.9 Å². The number of likely N-dealkylation sites (N-methyl/N-ethyl adjacent to an activating group) is 1. The molecule has 0 saturated heterocycles. The molecule has 0 unspecified atom stereocenters. The number of hydrogen-bond donors (Lipinski definition) is 1. The molecule has 5 nitrogen and oxygen atoms in total. The van der Waals surface area contributed by atoms with Crippen LogP contribution in [0.4, 0.5) is 5.82 Å². The van der Waals surface area contributed by atoms with E-state index in [1.807, 2.05) is 0 Å². The minimum absolute atomic E-state index is 0.00986. The molecule has 0 radical (unpaired) electrons. The first-order valence-corrected chi connectivity index (χ1v) is 4.36. The fourth-order valence-corrected chi connectivity index (χ4v) is 1.05. The van der Waals surface area contributed by atoms with Gasteiger partial charge in [-0.3, -0.25) is 4.79 Å². The van der Waals surface area contributed by atoms with Crippen LogP contribution in [0, 0.1) is 0 Å². The summed E-state index contributed by atoms with van der Waals surface area (Å²) in [6.07, 6.45) is 1.59. The van der Waals surface area contributed by atoms with Crippen molar-refractivity contribution in [3.8, 4) is 0 Å². The lowest BCUT2D eigenvalue weighted by atomic mass is 10.3. The molecule has 1 atom stereocenters. The Morgan fingerprint density at radius 3 is 2.79 bits per heavy atom. The summed E-state index contributed by atoms with van der Waals surface area (Å²) in [5.74, 6) is 0.617. The van der Waals surface area contributed by atoms with E-state index < -0.39 is 0 Å². The quantitative estimate of drug-likeness (QED) is 0.755. The molecule has 1 aromatic heterocycles. The van der Waals surface area contributed by atoms with Crippen LogP contribution in [-0.2, 0) is 4.79 Å². The first-order valence-electron chi connectivity index (χ1n) is 4.36. The Balaban J connectivity index is 2.57. The summed E-state index contributed by atoms with van der Waals surface area (Å²) in [5, 5.41) is 10.5. The normalized spacial score (nSPS) is 11.9. The molecule has 1 aromatic rings. The summed E-state index contributed by atoms with van der Waals surface area (Å²) >= 11 is 0. The average molecular weight is 194 g/mol. The third kappa shape index (κ3) is 2.69. The minimum atomic E-state index is -0.290. The van der Waals surface area contributed by atoms with Crippen LogP contribution in [0.15, 0.2) is 18.3 Å². The fourth-order valence-electron chi connectivity index (χ4n) is 1.05. The van der Waals surface area contributed by atoms with Crippen molar-refractivity contribution in [1.82, 2.24) is 15.1 Å². The molecule has 1 amide bonds. The molecule has 0 saturated carbocycles. The lowest BCUT2D eigenvalue weighted by Crippen LogP contribution is -2.36. The van der Waals surface area contributed by atoms with Gasteiger partial charge in [-0.1, -0.05) is 0 Å². The van der Waals surface area contributed by atoms with Gasteiger partial charge >= 0.3 is 0 Å². The van der Waals surface area contributed by atoms with Gasteiger partial charge in [0.25, 0.3) is 0 Å². The van der Waals surface area contributed by atoms with Crippen LogP contribution >= 0.6 is 0 Å². The Hall–Kier alpha value is -1.65. The van der Waals surface area contributed by atoms with Gasteiger partial charge in [-0.25, -0.2) is 0 Å². The van der Waals surface area contributed by atoms with E-state index in [4.69, 9.17) is 0 Å². The van der Waals surface area contributed by atoms with Crippen molar-refractivity contribution >= 4 is 11.7 Å². The molecule has 0 aliphatic rings. The fraction of sp³-hybridized carbons (Fsp3) is 0.444. The lowest BCUT2D eigenvalue weighted by Gasteiger charge is -2.17. The highest BCUT2D eigenvalue weighted by molar-refractivity contribution is 5.83. The molecular formula is C9H14N4O. The van der Waals surface area contributed by atoms with Crippen LogP contribution in [0.3, 0.4) is 0 Å². The van der Waals surface area contributed by atoms with Crippen molar-refractivity contribution in [3.05, 3.63) is 18.3 Å². The molecule has 1 rings (SSSR count). The minimum Gasteiger partial charge on any atom is -0.357 e. The highest BCUT2D eigenvalue weighted by Gasteiger charge is 2.14. The molecule has 76 valence electrons. The van der Waals surface area contributed by atoms with E-state index in [1.165, 1.54) is 4.90 Å². The van der Waals surface area contributed by atoms with Crippen molar-refractivity contribution in [2.75, 3.05) is 19.4 Å². The molecule has 0 fully saturated rings. The van der Waals surface area contributed by atoms with Crippen molar-refractivity contribution in [2.24, 2.45) is 0 Å². The molecule has 1 heterocycles. The van der Waals surface area contributed by atoms with Crippen LogP contribution in [0.1, 0.15) is 6.92 Å². The Morgan fingerprint density at radius 1 is 1.57 bits per heavy atom. The maximum atomic E-state index is 11.5. The smallest absolute Gasteiger partial charge is 0.244 e. The highest BCUT2D eigenvalue weighted by Crippen LogP contribution is 2.02. The summed E-state index contributed by atoms with van der Waals surface area (Å²) < 4.78 is 0. The van der Waals surface area contributed by atoms with E-state index in [2.05, 4.69) is 15.5 Å². The third-order valence-electron chi connectivity index (χ3n) is 1.75. The van der Waals surface area contributed by atoms with E-state index >= 15 is 0 Å². The topological polar surface area (TPSA) is 58.1 Å². The number of carbonyl (C=O) groups is 1. The molecule has 14 heavy (non-hydrogen) atoms. The standard InChI is InChI=1S/C9H14N4O/c1-7(9(14)13(2)3)11-8-5-4-6-10-12-8/h4-7H,1-3H3,(H,11,12)/t7-/m0/s1. The van der Waals surface area contributed by atoms with Crippen LogP contribution in [-0.4, -0.2) is 41.1 Å². The van der Waals surface area contributed by atoms with Crippen LogP contribution < -0.4 is 5.32 Å². The molecule has 1 N–H and O–H groups in total. The lowest BCUT2D eigenvalue weighted by molar-refractivity contribution is -0.129. The Labute approximate surface area is 83.1 Å². The van der Waals surface area contributed by atoms with Crippen LogP contribution in [0.25, 0.3) is 0 Å². The van der Waals surface area contributed by atoms with Crippen LogP contribution in [0.2, 0.25) is 0 Å². The molecule has 0 aromatic carbocycles. The van der Waals surface area contributed by atoms with Crippen molar-refractivity contribution in [2.45, 2.75) is 13.0 Å². The Bertz CT molecular complexity index is 299. The molecular weight excluding hydrogens is 180 g/mol. The van der Waals surface area contributed by atoms with Gasteiger partial charge in [0.15, 0.2) is 0 Å². The predicted molar refractivity (Wildman–Crippen MR) is 53.8 cm³/mol. The zero-order chi connectivity index (χ0) is 10.6. The Kier molecular flexibility index (Phi) is 3.39. The average Bonchev–Trinajstić information content (AvgIpc) is 2.18. The van der Waals surface area contributed by atoms with Crippen molar-refractivity contribution in [1.29, 1.82) is 0 Å². The molecule has 0 aliphatic heterocycles. The first kappa shape index (κ1) is 10.4. The number of amides is 1. The second kappa shape index (κ2) is 4.55. The third-order valence-corrected chi connectivity index (χ3v) is 1.75. The molecule has 0 bridgehead atoms. The monoisotopic (exact) mass is 194 g/mol. The summed E-state index contributed by atoms with van der Waals surface area (Å²) in [6.45, 7) is 1.79. The number of aromatic nitrogens is 2. The maximum Gasteiger partial charge on any atom is 0.244 e. The second-order valence-corrected chi connectivity index (χ2v) is 3.21. The van der Waals surface area contributed by atoms with Gasteiger partial charge in [0, 0.05) is 20.3 Å². The Morgan fingerprint density at radius 2 is 2.29 bits per heavy atom.